The van der Waals surface area contributed by atoms with Crippen molar-refractivity contribution < 1.29 is 18.6 Å². The van der Waals surface area contributed by atoms with Crippen molar-refractivity contribution in [2.24, 2.45) is 0 Å². The summed E-state index contributed by atoms with van der Waals surface area (Å²) in [6.45, 7) is 1.69. The van der Waals surface area contributed by atoms with Gasteiger partial charge in [-0.15, -0.1) is 0 Å². The van der Waals surface area contributed by atoms with Crippen LogP contribution in [0.4, 0.5) is 8.78 Å². The maximum atomic E-state index is 13.2. The molecule has 4 heteroatoms. The Morgan fingerprint density at radius 1 is 1.10 bits per heavy atom. The molecular weight excluding hydrogens is 274 g/mol. The van der Waals surface area contributed by atoms with Crippen molar-refractivity contribution in [1.29, 1.82) is 0 Å². The molecule has 2 aromatic rings. The highest BCUT2D eigenvalue weighted by atomic mass is 19.1. The number of aryl methyl sites for hydroxylation is 1. The number of halogens is 2. The van der Waals surface area contributed by atoms with Crippen molar-refractivity contribution in [2.45, 2.75) is 13.5 Å². The summed E-state index contributed by atoms with van der Waals surface area (Å²) in [5.41, 5.74) is 1.96. The molecular formula is C17H14F2O2. The summed E-state index contributed by atoms with van der Waals surface area (Å²) in [6.07, 6.45) is 0. The second-order valence-electron chi connectivity index (χ2n) is 4.46. The average Bonchev–Trinajstić information content (AvgIpc) is 2.47. The first-order valence-corrected chi connectivity index (χ1v) is 6.37. The molecule has 2 aromatic carbocycles. The van der Waals surface area contributed by atoms with Crippen LogP contribution in [-0.2, 0) is 6.61 Å². The molecule has 0 saturated carbocycles. The van der Waals surface area contributed by atoms with Crippen LogP contribution in [0.1, 0.15) is 16.7 Å². The number of benzene rings is 2. The third kappa shape index (κ3) is 4.04. The molecule has 0 fully saturated rings. The Bertz CT molecular complexity index is 700. The fourth-order valence-electron chi connectivity index (χ4n) is 1.81. The maximum absolute atomic E-state index is 13.2. The Morgan fingerprint density at radius 3 is 2.57 bits per heavy atom. The number of aliphatic hydroxyl groups excluding tert-OH is 1. The van der Waals surface area contributed by atoms with E-state index in [4.69, 9.17) is 9.84 Å². The van der Waals surface area contributed by atoms with E-state index in [0.717, 1.165) is 5.56 Å². The van der Waals surface area contributed by atoms with E-state index < -0.39 is 5.82 Å². The fraction of sp³-hybridized carbons (Fsp3) is 0.176. The van der Waals surface area contributed by atoms with Crippen LogP contribution in [0.2, 0.25) is 0 Å². The van der Waals surface area contributed by atoms with Gasteiger partial charge in [-0.25, -0.2) is 8.78 Å². The van der Waals surface area contributed by atoms with Gasteiger partial charge in [-0.05, 0) is 48.4 Å². The molecule has 0 unspecified atom stereocenters. The summed E-state index contributed by atoms with van der Waals surface area (Å²) < 4.78 is 32.0. The van der Waals surface area contributed by atoms with Gasteiger partial charge in [-0.1, -0.05) is 17.9 Å². The summed E-state index contributed by atoms with van der Waals surface area (Å²) in [5, 5.41) is 8.71. The van der Waals surface area contributed by atoms with Crippen LogP contribution in [0.3, 0.4) is 0 Å². The van der Waals surface area contributed by atoms with E-state index >= 15 is 0 Å². The summed E-state index contributed by atoms with van der Waals surface area (Å²) >= 11 is 0. The number of rotatable bonds is 3. The molecule has 0 aliphatic carbocycles. The van der Waals surface area contributed by atoms with Gasteiger partial charge in [-0.2, -0.15) is 0 Å². The van der Waals surface area contributed by atoms with E-state index in [9.17, 15) is 8.78 Å². The minimum absolute atomic E-state index is 0.156. The monoisotopic (exact) mass is 288 g/mol. The molecule has 0 atom stereocenters. The summed E-state index contributed by atoms with van der Waals surface area (Å²) in [5.74, 6) is 4.69. The van der Waals surface area contributed by atoms with Crippen molar-refractivity contribution in [3.63, 3.8) is 0 Å². The Kier molecular flexibility index (Phi) is 4.91. The van der Waals surface area contributed by atoms with Crippen molar-refractivity contribution >= 4 is 0 Å². The summed E-state index contributed by atoms with van der Waals surface area (Å²) in [6, 6.07) is 8.41. The van der Waals surface area contributed by atoms with Gasteiger partial charge in [0.25, 0.3) is 0 Å². The molecule has 0 aromatic heterocycles. The van der Waals surface area contributed by atoms with Gasteiger partial charge in [0.1, 0.15) is 30.6 Å². The van der Waals surface area contributed by atoms with Crippen LogP contribution in [-0.4, -0.2) is 11.7 Å². The van der Waals surface area contributed by atoms with Crippen molar-refractivity contribution in [3.8, 4) is 17.6 Å². The lowest BCUT2D eigenvalue weighted by Crippen LogP contribution is -2.00. The lowest BCUT2D eigenvalue weighted by molar-refractivity contribution is 0.303. The molecule has 0 radical (unpaired) electrons. The predicted octanol–water partition coefficient (Wildman–Crippen LogP) is 3.20. The molecule has 0 spiro atoms. The van der Waals surface area contributed by atoms with Crippen molar-refractivity contribution in [2.75, 3.05) is 6.61 Å². The molecule has 21 heavy (non-hydrogen) atoms. The Balaban J connectivity index is 2.21. The van der Waals surface area contributed by atoms with Gasteiger partial charge in [0.15, 0.2) is 0 Å². The highest BCUT2D eigenvalue weighted by molar-refractivity contribution is 5.46. The zero-order valence-electron chi connectivity index (χ0n) is 11.5. The Labute approximate surface area is 122 Å². The molecule has 0 saturated heterocycles. The first kappa shape index (κ1) is 15.0. The minimum Gasteiger partial charge on any atom is -0.488 e. The summed E-state index contributed by atoms with van der Waals surface area (Å²) in [7, 11) is 0. The van der Waals surface area contributed by atoms with E-state index in [0.29, 0.717) is 16.9 Å². The van der Waals surface area contributed by atoms with E-state index in [2.05, 4.69) is 11.8 Å². The quantitative estimate of drug-likeness (QED) is 0.879. The second kappa shape index (κ2) is 6.87. The number of hydrogen-bond donors (Lipinski definition) is 1. The Morgan fingerprint density at radius 2 is 1.81 bits per heavy atom. The largest absolute Gasteiger partial charge is 0.488 e. The molecule has 1 N–H and O–H groups in total. The van der Waals surface area contributed by atoms with Gasteiger partial charge >= 0.3 is 0 Å². The number of hydrogen-bond acceptors (Lipinski definition) is 2. The van der Waals surface area contributed by atoms with Crippen LogP contribution in [0.5, 0.6) is 5.75 Å². The van der Waals surface area contributed by atoms with Crippen molar-refractivity contribution in [1.82, 2.24) is 0 Å². The smallest absolute Gasteiger partial charge is 0.135 e. The molecule has 0 aliphatic rings. The number of aliphatic hydroxyl groups is 1. The summed E-state index contributed by atoms with van der Waals surface area (Å²) in [4.78, 5) is 0. The normalized spacial score (nSPS) is 9.90. The SMILES string of the molecule is Cc1ccc(F)cc1COc1ccc(F)cc1C#CCO. The zero-order valence-corrected chi connectivity index (χ0v) is 11.5. The van der Waals surface area contributed by atoms with Crippen molar-refractivity contribution in [3.05, 3.63) is 64.7 Å². The first-order valence-electron chi connectivity index (χ1n) is 6.37. The third-order valence-electron chi connectivity index (χ3n) is 2.94. The molecule has 2 rings (SSSR count). The van der Waals surface area contributed by atoms with E-state index in [1.54, 1.807) is 6.07 Å². The topological polar surface area (TPSA) is 29.5 Å². The highest BCUT2D eigenvalue weighted by Crippen LogP contribution is 2.21. The van der Waals surface area contributed by atoms with Gasteiger partial charge in [0.2, 0.25) is 0 Å². The van der Waals surface area contributed by atoms with Crippen LogP contribution in [0, 0.1) is 30.4 Å². The second-order valence-corrected chi connectivity index (χ2v) is 4.46. The van der Waals surface area contributed by atoms with E-state index in [-0.39, 0.29) is 19.0 Å². The molecule has 0 amide bonds. The standard InChI is InChI=1S/C17H14F2O2/c1-12-4-5-15(18)10-14(12)11-21-17-7-6-16(19)9-13(17)3-2-8-20/h4-7,9-10,20H,8,11H2,1H3. The molecule has 0 aliphatic heterocycles. The maximum Gasteiger partial charge on any atom is 0.135 e. The van der Waals surface area contributed by atoms with Crippen LogP contribution >= 0.6 is 0 Å². The lowest BCUT2D eigenvalue weighted by Gasteiger charge is -2.10. The van der Waals surface area contributed by atoms with Crippen LogP contribution < -0.4 is 4.74 Å². The van der Waals surface area contributed by atoms with E-state index in [1.165, 1.54) is 30.3 Å². The average molecular weight is 288 g/mol. The first-order chi connectivity index (χ1) is 10.1. The molecule has 0 heterocycles. The van der Waals surface area contributed by atoms with Crippen LogP contribution in [0.15, 0.2) is 36.4 Å². The lowest BCUT2D eigenvalue weighted by atomic mass is 10.1. The van der Waals surface area contributed by atoms with Crippen LogP contribution in [0.25, 0.3) is 0 Å². The highest BCUT2D eigenvalue weighted by Gasteiger charge is 2.06. The zero-order chi connectivity index (χ0) is 15.2. The van der Waals surface area contributed by atoms with Gasteiger partial charge in [0.05, 0.1) is 5.56 Å². The predicted molar refractivity (Wildman–Crippen MR) is 75.8 cm³/mol. The van der Waals surface area contributed by atoms with E-state index in [1.807, 2.05) is 6.92 Å². The van der Waals surface area contributed by atoms with Gasteiger partial charge < -0.3 is 9.84 Å². The molecule has 2 nitrogen and oxygen atoms in total. The number of ether oxygens (including phenoxy) is 1. The fourth-order valence-corrected chi connectivity index (χ4v) is 1.81. The van der Waals surface area contributed by atoms with Gasteiger partial charge in [-0.3, -0.25) is 0 Å². The molecule has 0 bridgehead atoms. The Hall–Kier alpha value is -2.38. The minimum atomic E-state index is -0.438. The third-order valence-corrected chi connectivity index (χ3v) is 2.94. The molecule has 108 valence electrons. The van der Waals surface area contributed by atoms with Gasteiger partial charge in [0, 0.05) is 0 Å².